The molecule has 108 valence electrons. The minimum absolute atomic E-state index is 0.153. The van der Waals surface area contributed by atoms with E-state index in [1.807, 2.05) is 5.38 Å². The van der Waals surface area contributed by atoms with Crippen molar-refractivity contribution in [3.8, 4) is 0 Å². The lowest BCUT2D eigenvalue weighted by Crippen LogP contribution is -2.42. The number of hydrogen-bond donors (Lipinski definition) is 1. The summed E-state index contributed by atoms with van der Waals surface area (Å²) in [5.74, 6) is -1.04. The molecule has 0 saturated carbocycles. The molecule has 2 amide bonds. The van der Waals surface area contributed by atoms with E-state index < -0.39 is 12.0 Å². The molecule has 0 aliphatic carbocycles. The number of thiophene rings is 1. The first-order valence-corrected chi connectivity index (χ1v) is 7.23. The van der Waals surface area contributed by atoms with Crippen molar-refractivity contribution in [3.05, 3.63) is 22.4 Å². The third-order valence-corrected chi connectivity index (χ3v) is 4.00. The summed E-state index contributed by atoms with van der Waals surface area (Å²) in [7, 11) is 1.47. The molecular weight excluding hydrogens is 280 g/mol. The van der Waals surface area contributed by atoms with Crippen molar-refractivity contribution in [2.24, 2.45) is 0 Å². The molecule has 1 fully saturated rings. The third-order valence-electron chi connectivity index (χ3n) is 3.14. The number of esters is 1. The first-order chi connectivity index (χ1) is 9.63. The summed E-state index contributed by atoms with van der Waals surface area (Å²) < 4.78 is 4.93. The Morgan fingerprint density at radius 1 is 1.50 bits per heavy atom. The Kier molecular flexibility index (Phi) is 4.73. The van der Waals surface area contributed by atoms with E-state index in [1.54, 1.807) is 12.1 Å². The fourth-order valence-electron chi connectivity index (χ4n) is 2.10. The van der Waals surface area contributed by atoms with Gasteiger partial charge in [0.05, 0.1) is 4.88 Å². The lowest BCUT2D eigenvalue weighted by atomic mass is 10.2. The molecule has 6 nitrogen and oxygen atoms in total. The fraction of sp³-hybridized carbons (Fsp3) is 0.462. The van der Waals surface area contributed by atoms with Crippen LogP contribution in [0.25, 0.3) is 0 Å². The Morgan fingerprint density at radius 3 is 2.95 bits per heavy atom. The number of nitrogens with one attached hydrogen (secondary N) is 1. The average Bonchev–Trinajstić information content (AvgIpc) is 3.13. The van der Waals surface area contributed by atoms with Gasteiger partial charge >= 0.3 is 5.97 Å². The highest BCUT2D eigenvalue weighted by Gasteiger charge is 2.36. The molecule has 2 rings (SSSR count). The molecule has 1 aliphatic rings. The molecule has 0 radical (unpaired) electrons. The molecule has 0 spiro atoms. The summed E-state index contributed by atoms with van der Waals surface area (Å²) in [6.45, 7) is 0.226. The summed E-state index contributed by atoms with van der Waals surface area (Å²) in [4.78, 5) is 37.4. The quantitative estimate of drug-likeness (QED) is 0.827. The van der Waals surface area contributed by atoms with Crippen LogP contribution in [0.4, 0.5) is 0 Å². The second-order valence-electron chi connectivity index (χ2n) is 4.41. The van der Waals surface area contributed by atoms with E-state index in [9.17, 15) is 14.4 Å². The van der Waals surface area contributed by atoms with Crippen LogP contribution in [0.15, 0.2) is 17.5 Å². The van der Waals surface area contributed by atoms with Crippen molar-refractivity contribution in [1.29, 1.82) is 0 Å². The van der Waals surface area contributed by atoms with Gasteiger partial charge in [-0.3, -0.25) is 9.59 Å². The van der Waals surface area contributed by atoms with Crippen molar-refractivity contribution in [2.45, 2.75) is 18.9 Å². The van der Waals surface area contributed by atoms with E-state index in [1.165, 1.54) is 23.3 Å². The predicted octanol–water partition coefficient (Wildman–Crippen LogP) is 0.642. The minimum Gasteiger partial charge on any atom is -0.454 e. The first kappa shape index (κ1) is 14.5. The third kappa shape index (κ3) is 3.16. The number of hydrogen-bond acceptors (Lipinski definition) is 5. The lowest BCUT2D eigenvalue weighted by Gasteiger charge is -2.22. The van der Waals surface area contributed by atoms with Gasteiger partial charge in [0.1, 0.15) is 6.04 Å². The Balaban J connectivity index is 1.98. The number of likely N-dealkylation sites (tertiary alicyclic amines) is 1. The SMILES string of the molecule is CNC(=O)COC(=O)C1CCCN1C(=O)c1cccs1. The summed E-state index contributed by atoms with van der Waals surface area (Å²) in [5, 5.41) is 4.19. The first-order valence-electron chi connectivity index (χ1n) is 6.35. The molecule has 1 aromatic heterocycles. The zero-order valence-electron chi connectivity index (χ0n) is 11.1. The number of nitrogens with zero attached hydrogens (tertiary/aromatic N) is 1. The van der Waals surface area contributed by atoms with Crippen LogP contribution >= 0.6 is 11.3 Å². The molecule has 7 heteroatoms. The zero-order valence-corrected chi connectivity index (χ0v) is 11.9. The summed E-state index contributed by atoms with van der Waals surface area (Å²) in [6.07, 6.45) is 1.33. The van der Waals surface area contributed by atoms with Gasteiger partial charge in [0.25, 0.3) is 11.8 Å². The molecule has 1 atom stereocenters. The number of carbonyl (C=O) groups excluding carboxylic acids is 3. The topological polar surface area (TPSA) is 75.7 Å². The standard InChI is InChI=1S/C13H16N2O4S/c1-14-11(16)8-19-13(18)9-4-2-6-15(9)12(17)10-5-3-7-20-10/h3,5,7,9H,2,4,6,8H2,1H3,(H,14,16). The molecule has 20 heavy (non-hydrogen) atoms. The van der Waals surface area contributed by atoms with E-state index >= 15 is 0 Å². The molecule has 1 saturated heterocycles. The van der Waals surface area contributed by atoms with Gasteiger partial charge in [-0.15, -0.1) is 11.3 Å². The molecular formula is C13H16N2O4S. The smallest absolute Gasteiger partial charge is 0.329 e. The van der Waals surface area contributed by atoms with Crippen LogP contribution in [0.1, 0.15) is 22.5 Å². The minimum atomic E-state index is -0.589. The van der Waals surface area contributed by atoms with Gasteiger partial charge in [0.2, 0.25) is 0 Å². The highest BCUT2D eigenvalue weighted by molar-refractivity contribution is 7.12. The zero-order chi connectivity index (χ0) is 14.5. The van der Waals surface area contributed by atoms with E-state index in [4.69, 9.17) is 4.74 Å². The molecule has 0 aromatic carbocycles. The maximum absolute atomic E-state index is 12.3. The van der Waals surface area contributed by atoms with E-state index in [-0.39, 0.29) is 18.4 Å². The summed E-state index contributed by atoms with van der Waals surface area (Å²) in [5.41, 5.74) is 0. The van der Waals surface area contributed by atoms with Crippen LogP contribution in [-0.4, -0.2) is 48.9 Å². The Labute approximate surface area is 120 Å². The van der Waals surface area contributed by atoms with Crippen LogP contribution in [0.5, 0.6) is 0 Å². The molecule has 0 bridgehead atoms. The number of ether oxygens (including phenoxy) is 1. The van der Waals surface area contributed by atoms with Crippen molar-refractivity contribution >= 4 is 29.1 Å². The van der Waals surface area contributed by atoms with Gasteiger partial charge in [0.15, 0.2) is 6.61 Å². The Morgan fingerprint density at radius 2 is 2.30 bits per heavy atom. The van der Waals surface area contributed by atoms with Crippen LogP contribution in [0.2, 0.25) is 0 Å². The van der Waals surface area contributed by atoms with E-state index in [2.05, 4.69) is 5.32 Å². The van der Waals surface area contributed by atoms with E-state index in [0.717, 1.165) is 6.42 Å². The maximum Gasteiger partial charge on any atom is 0.329 e. The van der Waals surface area contributed by atoms with Crippen LogP contribution in [0.3, 0.4) is 0 Å². The highest BCUT2D eigenvalue weighted by Crippen LogP contribution is 2.23. The number of carbonyl (C=O) groups is 3. The molecule has 1 unspecified atom stereocenters. The number of rotatable bonds is 4. The Bertz CT molecular complexity index is 500. The van der Waals surface area contributed by atoms with Gasteiger partial charge in [-0.25, -0.2) is 4.79 Å². The molecule has 2 heterocycles. The van der Waals surface area contributed by atoms with Gasteiger partial charge in [-0.2, -0.15) is 0 Å². The average molecular weight is 296 g/mol. The van der Waals surface area contributed by atoms with Crippen LogP contribution in [-0.2, 0) is 14.3 Å². The van der Waals surface area contributed by atoms with Crippen LogP contribution in [0, 0.1) is 0 Å². The normalized spacial score (nSPS) is 17.9. The fourth-order valence-corrected chi connectivity index (χ4v) is 2.78. The Hall–Kier alpha value is -1.89. The largest absolute Gasteiger partial charge is 0.454 e. The molecule has 1 aliphatic heterocycles. The van der Waals surface area contributed by atoms with E-state index in [0.29, 0.717) is 17.8 Å². The highest BCUT2D eigenvalue weighted by atomic mass is 32.1. The van der Waals surface area contributed by atoms with Gasteiger partial charge < -0.3 is 15.0 Å². The van der Waals surface area contributed by atoms with Crippen LogP contribution < -0.4 is 5.32 Å². The second-order valence-corrected chi connectivity index (χ2v) is 5.36. The molecule has 1 N–H and O–H groups in total. The second kappa shape index (κ2) is 6.51. The number of amides is 2. The maximum atomic E-state index is 12.3. The van der Waals surface area contributed by atoms with Crippen molar-refractivity contribution in [3.63, 3.8) is 0 Å². The summed E-state index contributed by atoms with van der Waals surface area (Å²) in [6, 6.07) is 2.94. The predicted molar refractivity (Wildman–Crippen MR) is 73.4 cm³/mol. The monoisotopic (exact) mass is 296 g/mol. The van der Waals surface area contributed by atoms with Crippen molar-refractivity contribution < 1.29 is 19.1 Å². The van der Waals surface area contributed by atoms with Crippen molar-refractivity contribution in [2.75, 3.05) is 20.2 Å². The summed E-state index contributed by atoms with van der Waals surface area (Å²) >= 11 is 1.35. The lowest BCUT2D eigenvalue weighted by molar-refractivity contribution is -0.152. The van der Waals surface area contributed by atoms with Gasteiger partial charge in [-0.05, 0) is 24.3 Å². The number of likely N-dealkylation sites (N-methyl/N-ethyl adjacent to an activating group) is 1. The molecule has 1 aromatic rings. The van der Waals surface area contributed by atoms with Gasteiger partial charge in [-0.1, -0.05) is 6.07 Å². The van der Waals surface area contributed by atoms with Crippen molar-refractivity contribution in [1.82, 2.24) is 10.2 Å². The van der Waals surface area contributed by atoms with Gasteiger partial charge in [0, 0.05) is 13.6 Å².